The number of rotatable bonds is 7. The van der Waals surface area contributed by atoms with Gasteiger partial charge >= 0.3 is 0 Å². The summed E-state index contributed by atoms with van der Waals surface area (Å²) in [4.78, 5) is 0. The molecule has 0 heterocycles. The van der Waals surface area contributed by atoms with Crippen LogP contribution in [0.15, 0.2) is 42.5 Å². The average Bonchev–Trinajstić information content (AvgIpc) is 2.72. The fraction of sp³-hybridized carbons (Fsp3) is 0.435. The Morgan fingerprint density at radius 3 is 2.63 bits per heavy atom. The Kier molecular flexibility index (Phi) is 6.70. The first kappa shape index (κ1) is 19.2. The molecule has 1 fully saturated rings. The van der Waals surface area contributed by atoms with Crippen molar-refractivity contribution in [3.05, 3.63) is 59.4 Å². The van der Waals surface area contributed by atoms with Crippen LogP contribution >= 0.6 is 0 Å². The first-order valence-corrected chi connectivity index (χ1v) is 9.61. The molecule has 27 heavy (non-hydrogen) atoms. The number of nitrogens with zero attached hydrogens (tertiary/aromatic N) is 1. The van der Waals surface area contributed by atoms with Gasteiger partial charge in [-0.2, -0.15) is 5.26 Å². The van der Waals surface area contributed by atoms with Crippen LogP contribution in [0.25, 0.3) is 0 Å². The predicted molar refractivity (Wildman–Crippen MR) is 104 cm³/mol. The number of hydrogen-bond acceptors (Lipinski definition) is 3. The summed E-state index contributed by atoms with van der Waals surface area (Å²) in [6.07, 6.45) is 5.30. The zero-order chi connectivity index (χ0) is 19.1. The quantitative estimate of drug-likeness (QED) is 0.636. The molecule has 0 aromatic heterocycles. The topological polar surface area (TPSA) is 42.2 Å². The molecular formula is C23H26FNO2. The zero-order valence-corrected chi connectivity index (χ0v) is 15.8. The van der Waals surface area contributed by atoms with E-state index >= 15 is 0 Å². The fourth-order valence-electron chi connectivity index (χ4n) is 3.81. The van der Waals surface area contributed by atoms with Crippen molar-refractivity contribution in [2.24, 2.45) is 5.92 Å². The van der Waals surface area contributed by atoms with Gasteiger partial charge in [0.2, 0.25) is 0 Å². The molecule has 0 atom stereocenters. The van der Waals surface area contributed by atoms with Gasteiger partial charge in [-0.05, 0) is 85.4 Å². The molecule has 142 valence electrons. The van der Waals surface area contributed by atoms with E-state index in [0.717, 1.165) is 49.0 Å². The largest absolute Gasteiger partial charge is 0.497 e. The van der Waals surface area contributed by atoms with Gasteiger partial charge < -0.3 is 9.47 Å². The van der Waals surface area contributed by atoms with Crippen molar-refractivity contribution in [3.63, 3.8) is 0 Å². The fourth-order valence-corrected chi connectivity index (χ4v) is 3.81. The maximum atomic E-state index is 14.2. The van der Waals surface area contributed by atoms with Gasteiger partial charge in [0.25, 0.3) is 0 Å². The van der Waals surface area contributed by atoms with Gasteiger partial charge in [-0.3, -0.25) is 0 Å². The zero-order valence-electron chi connectivity index (χ0n) is 15.8. The maximum Gasteiger partial charge on any atom is 0.126 e. The molecule has 0 radical (unpaired) electrons. The first-order chi connectivity index (χ1) is 13.2. The molecule has 0 aliphatic heterocycles. The SMILES string of the molecule is COc1ccc(F)c(C2CCC(COc3cccc(CCC#N)c3)CC2)c1. The van der Waals surface area contributed by atoms with Crippen LogP contribution < -0.4 is 9.47 Å². The first-order valence-electron chi connectivity index (χ1n) is 9.61. The molecule has 0 spiro atoms. The van der Waals surface area contributed by atoms with Crippen molar-refractivity contribution >= 4 is 0 Å². The van der Waals surface area contributed by atoms with Gasteiger partial charge in [-0.15, -0.1) is 0 Å². The van der Waals surface area contributed by atoms with Gasteiger partial charge in [-0.1, -0.05) is 12.1 Å². The highest BCUT2D eigenvalue weighted by molar-refractivity contribution is 5.32. The lowest BCUT2D eigenvalue weighted by Gasteiger charge is -2.29. The molecule has 3 rings (SSSR count). The van der Waals surface area contributed by atoms with E-state index in [1.54, 1.807) is 13.2 Å². The lowest BCUT2D eigenvalue weighted by atomic mass is 9.79. The summed E-state index contributed by atoms with van der Waals surface area (Å²) in [5.74, 6) is 2.20. The van der Waals surface area contributed by atoms with Crippen LogP contribution in [0.4, 0.5) is 4.39 Å². The summed E-state index contributed by atoms with van der Waals surface area (Å²) >= 11 is 0. The molecule has 3 nitrogen and oxygen atoms in total. The second-order valence-corrected chi connectivity index (χ2v) is 7.22. The third-order valence-electron chi connectivity index (χ3n) is 5.40. The third-order valence-corrected chi connectivity index (χ3v) is 5.40. The molecule has 0 N–H and O–H groups in total. The Hall–Kier alpha value is -2.54. The van der Waals surface area contributed by atoms with Crippen LogP contribution in [0.2, 0.25) is 0 Å². The van der Waals surface area contributed by atoms with E-state index in [-0.39, 0.29) is 11.7 Å². The molecular weight excluding hydrogens is 341 g/mol. The smallest absolute Gasteiger partial charge is 0.126 e. The molecule has 0 bridgehead atoms. The predicted octanol–water partition coefficient (Wildman–Crippen LogP) is 5.64. The highest BCUT2D eigenvalue weighted by Crippen LogP contribution is 2.38. The van der Waals surface area contributed by atoms with Crippen LogP contribution in [0.3, 0.4) is 0 Å². The van der Waals surface area contributed by atoms with Crippen LogP contribution in [0, 0.1) is 23.1 Å². The van der Waals surface area contributed by atoms with Crippen molar-refractivity contribution in [2.45, 2.75) is 44.4 Å². The molecule has 0 saturated heterocycles. The Morgan fingerprint density at radius 2 is 1.89 bits per heavy atom. The van der Waals surface area contributed by atoms with Gasteiger partial charge in [0, 0.05) is 6.42 Å². The van der Waals surface area contributed by atoms with Gasteiger partial charge in [0.1, 0.15) is 17.3 Å². The van der Waals surface area contributed by atoms with Crippen LogP contribution in [0.1, 0.15) is 49.1 Å². The maximum absolute atomic E-state index is 14.2. The summed E-state index contributed by atoms with van der Waals surface area (Å²) < 4.78 is 25.4. The summed E-state index contributed by atoms with van der Waals surface area (Å²) in [6.45, 7) is 0.690. The standard InChI is InChI=1S/C23H26FNO2/c1-26-20-11-12-23(24)22(15-20)19-9-7-18(8-10-19)16-27-21-6-2-4-17(14-21)5-3-13-25/h2,4,6,11-12,14-15,18-19H,3,5,7-10,16H2,1H3. The highest BCUT2D eigenvalue weighted by atomic mass is 19.1. The van der Waals surface area contributed by atoms with E-state index in [4.69, 9.17) is 14.7 Å². The average molecular weight is 367 g/mol. The number of benzene rings is 2. The second kappa shape index (κ2) is 9.41. The van der Waals surface area contributed by atoms with E-state index < -0.39 is 0 Å². The highest BCUT2D eigenvalue weighted by Gasteiger charge is 2.25. The Balaban J connectivity index is 1.51. The Morgan fingerprint density at radius 1 is 1.07 bits per heavy atom. The number of methoxy groups -OCH3 is 1. The normalized spacial score (nSPS) is 19.3. The summed E-state index contributed by atoms with van der Waals surface area (Å²) in [5, 5.41) is 8.71. The van der Waals surface area contributed by atoms with E-state index in [0.29, 0.717) is 24.7 Å². The molecule has 1 aliphatic rings. The molecule has 2 aromatic rings. The summed E-state index contributed by atoms with van der Waals surface area (Å²) in [7, 11) is 1.61. The minimum Gasteiger partial charge on any atom is -0.497 e. The Bertz CT molecular complexity index is 791. The minimum atomic E-state index is -0.135. The number of halogens is 1. The molecule has 0 unspecified atom stereocenters. The van der Waals surface area contributed by atoms with Crippen molar-refractivity contribution in [3.8, 4) is 17.6 Å². The molecule has 0 amide bonds. The van der Waals surface area contributed by atoms with Crippen molar-refractivity contribution in [1.82, 2.24) is 0 Å². The summed E-state index contributed by atoms with van der Waals surface area (Å²) in [5.41, 5.74) is 1.91. The van der Waals surface area contributed by atoms with Gasteiger partial charge in [0.05, 0.1) is 19.8 Å². The van der Waals surface area contributed by atoms with Gasteiger partial charge in [-0.25, -0.2) is 4.39 Å². The number of nitriles is 1. The number of ether oxygens (including phenoxy) is 2. The van der Waals surface area contributed by atoms with Crippen LogP contribution in [-0.4, -0.2) is 13.7 Å². The molecule has 4 heteroatoms. The van der Waals surface area contributed by atoms with Crippen LogP contribution in [0.5, 0.6) is 11.5 Å². The van der Waals surface area contributed by atoms with E-state index in [9.17, 15) is 4.39 Å². The lowest BCUT2D eigenvalue weighted by molar-refractivity contribution is 0.199. The Labute approximate surface area is 160 Å². The lowest BCUT2D eigenvalue weighted by Crippen LogP contribution is -2.20. The van der Waals surface area contributed by atoms with E-state index in [1.165, 1.54) is 6.07 Å². The van der Waals surface area contributed by atoms with Crippen LogP contribution in [-0.2, 0) is 6.42 Å². The minimum absolute atomic E-state index is 0.135. The van der Waals surface area contributed by atoms with E-state index in [1.807, 2.05) is 30.3 Å². The molecule has 2 aromatic carbocycles. The van der Waals surface area contributed by atoms with Crippen molar-refractivity contribution in [2.75, 3.05) is 13.7 Å². The third kappa shape index (κ3) is 5.23. The number of hydrogen-bond donors (Lipinski definition) is 0. The second-order valence-electron chi connectivity index (χ2n) is 7.22. The van der Waals surface area contributed by atoms with E-state index in [2.05, 4.69) is 6.07 Å². The van der Waals surface area contributed by atoms with Gasteiger partial charge in [0.15, 0.2) is 0 Å². The molecule has 1 aliphatic carbocycles. The number of aryl methyl sites for hydroxylation is 1. The van der Waals surface area contributed by atoms with Crippen molar-refractivity contribution in [1.29, 1.82) is 5.26 Å². The summed E-state index contributed by atoms with van der Waals surface area (Å²) in [6, 6.07) is 15.2. The monoisotopic (exact) mass is 367 g/mol. The van der Waals surface area contributed by atoms with Crippen molar-refractivity contribution < 1.29 is 13.9 Å². The molecule has 1 saturated carbocycles.